The van der Waals surface area contributed by atoms with Crippen LogP contribution in [0.2, 0.25) is 0 Å². The number of allylic oxidation sites excluding steroid dienone is 1. The summed E-state index contributed by atoms with van der Waals surface area (Å²) in [5, 5.41) is 5.37. The highest BCUT2D eigenvalue weighted by Crippen LogP contribution is 2.41. The number of hydrogen-bond acceptors (Lipinski definition) is 4. The summed E-state index contributed by atoms with van der Waals surface area (Å²) >= 11 is 0. The Morgan fingerprint density at radius 1 is 1.37 bits per heavy atom. The summed E-state index contributed by atoms with van der Waals surface area (Å²) in [7, 11) is -0.670. The number of hydrogen-bond donors (Lipinski definition) is 1. The van der Waals surface area contributed by atoms with Crippen molar-refractivity contribution in [3.63, 3.8) is 0 Å². The van der Waals surface area contributed by atoms with Gasteiger partial charge in [-0.25, -0.2) is 10.6 Å². The molecule has 0 spiro atoms. The monoisotopic (exact) mass is 276 g/mol. The van der Waals surface area contributed by atoms with Gasteiger partial charge in [0.15, 0.2) is 11.0 Å². The van der Waals surface area contributed by atoms with Crippen LogP contribution in [0.1, 0.15) is 13.8 Å². The van der Waals surface area contributed by atoms with Gasteiger partial charge in [0.1, 0.15) is 5.70 Å². The van der Waals surface area contributed by atoms with Gasteiger partial charge in [0, 0.05) is 10.3 Å². The number of carbonyl (C=O) groups excluding carboxylic acids is 1. The average molecular weight is 276 g/mol. The number of nitrogens with two attached hydrogens (primary N) is 1. The van der Waals surface area contributed by atoms with Crippen molar-refractivity contribution in [1.29, 1.82) is 0 Å². The lowest BCUT2D eigenvalue weighted by atomic mass is 10.3. The number of para-hydroxylation sites is 1. The predicted molar refractivity (Wildman–Crippen MR) is 78.8 cm³/mol. The minimum absolute atomic E-state index is 0.530. The van der Waals surface area contributed by atoms with Gasteiger partial charge < -0.3 is 4.74 Å². The van der Waals surface area contributed by atoms with Crippen LogP contribution in [0, 0.1) is 0 Å². The molecule has 1 aliphatic rings. The van der Waals surface area contributed by atoms with Crippen LogP contribution in [0.5, 0.6) is 0 Å². The van der Waals surface area contributed by atoms with E-state index in [0.29, 0.717) is 12.4 Å². The first kappa shape index (κ1) is 13.6. The fraction of sp³-hybridized carbons (Fsp3) is 0.214. The smallest absolute Gasteiger partial charge is 0.164 e. The molecule has 0 bridgehead atoms. The van der Waals surface area contributed by atoms with Crippen LogP contribution in [0.3, 0.4) is 0 Å². The van der Waals surface area contributed by atoms with E-state index in [1.807, 2.05) is 49.4 Å². The minimum Gasteiger partial charge on any atom is -0.491 e. The Labute approximate surface area is 115 Å². The molecule has 19 heavy (non-hydrogen) atoms. The molecule has 1 aromatic carbocycles. The molecule has 1 aromatic rings. The summed E-state index contributed by atoms with van der Waals surface area (Å²) in [6.45, 7) is 4.31. The molecule has 2 rings (SSSR count). The molecule has 0 saturated carbocycles. The topological polar surface area (TPSA) is 55.6 Å². The molecule has 5 heteroatoms. The summed E-state index contributed by atoms with van der Waals surface area (Å²) in [5.41, 5.74) is 1.56. The quantitative estimate of drug-likeness (QED) is 0.522. The van der Waals surface area contributed by atoms with E-state index in [-0.39, 0.29) is 0 Å². The standard InChI is InChI=1S/C14H16N2O2S/c1-3-18-14-11(2)19(10-17)9-13(14)16(15)12-7-5-4-6-8-12/h4-9H,3,15H2,1-2H3. The second-order valence-electron chi connectivity index (χ2n) is 3.95. The maximum Gasteiger partial charge on any atom is 0.164 e. The first-order valence-electron chi connectivity index (χ1n) is 5.95. The molecule has 1 heterocycles. The fourth-order valence-corrected chi connectivity index (χ4v) is 2.99. The van der Waals surface area contributed by atoms with Crippen molar-refractivity contribution in [1.82, 2.24) is 0 Å². The van der Waals surface area contributed by atoms with Gasteiger partial charge in [-0.15, -0.1) is 0 Å². The number of nitrogens with zero attached hydrogens (tertiary/aromatic N) is 1. The van der Waals surface area contributed by atoms with Crippen molar-refractivity contribution >= 4 is 21.4 Å². The highest BCUT2D eigenvalue weighted by atomic mass is 32.2. The highest BCUT2D eigenvalue weighted by molar-refractivity contribution is 8.20. The van der Waals surface area contributed by atoms with E-state index in [4.69, 9.17) is 10.6 Å². The summed E-state index contributed by atoms with van der Waals surface area (Å²) in [5.74, 6) is 6.81. The average Bonchev–Trinajstić information content (AvgIpc) is 2.76. The molecule has 0 amide bonds. The Balaban J connectivity index is 2.41. The molecule has 1 aliphatic heterocycles. The van der Waals surface area contributed by atoms with Crippen molar-refractivity contribution in [2.24, 2.45) is 5.84 Å². The first-order chi connectivity index (χ1) is 9.19. The van der Waals surface area contributed by atoms with Gasteiger partial charge in [-0.3, -0.25) is 5.01 Å². The van der Waals surface area contributed by atoms with Gasteiger partial charge in [-0.2, -0.15) is 0 Å². The second-order valence-corrected chi connectivity index (χ2v) is 5.64. The molecule has 1 atom stereocenters. The maximum atomic E-state index is 11.0. The lowest BCUT2D eigenvalue weighted by molar-refractivity contribution is 0.235. The molecular formula is C14H16N2O2S. The van der Waals surface area contributed by atoms with Gasteiger partial charge in [0.05, 0.1) is 12.3 Å². The van der Waals surface area contributed by atoms with Crippen LogP contribution in [-0.4, -0.2) is 11.8 Å². The lowest BCUT2D eigenvalue weighted by Gasteiger charge is -2.21. The van der Waals surface area contributed by atoms with Crippen LogP contribution in [0.4, 0.5) is 5.69 Å². The molecule has 1 unspecified atom stereocenters. The summed E-state index contributed by atoms with van der Waals surface area (Å²) < 4.78 is 5.62. The van der Waals surface area contributed by atoms with Crippen molar-refractivity contribution in [3.05, 3.63) is 52.1 Å². The zero-order valence-corrected chi connectivity index (χ0v) is 11.7. The Bertz CT molecular complexity index is 587. The molecule has 0 radical (unpaired) electrons. The van der Waals surface area contributed by atoms with Gasteiger partial charge in [-0.05, 0) is 36.5 Å². The second kappa shape index (κ2) is 5.89. The molecule has 0 aromatic heterocycles. The van der Waals surface area contributed by atoms with Crippen LogP contribution in [-0.2, 0) is 9.53 Å². The van der Waals surface area contributed by atoms with Gasteiger partial charge in [0.25, 0.3) is 0 Å². The van der Waals surface area contributed by atoms with E-state index in [1.54, 1.807) is 10.4 Å². The van der Waals surface area contributed by atoms with Crippen LogP contribution < -0.4 is 10.9 Å². The van der Waals surface area contributed by atoms with Crippen molar-refractivity contribution < 1.29 is 9.53 Å². The van der Waals surface area contributed by atoms with Crippen LogP contribution in [0.15, 0.2) is 52.1 Å². The SMILES string of the molecule is CCOC1=C(C)S(=C=O)C=C1N(N)c1ccccc1. The third kappa shape index (κ3) is 2.63. The van der Waals surface area contributed by atoms with Gasteiger partial charge in [0.2, 0.25) is 0 Å². The van der Waals surface area contributed by atoms with E-state index in [1.165, 1.54) is 0 Å². The Kier molecular flexibility index (Phi) is 4.22. The molecule has 0 saturated heterocycles. The van der Waals surface area contributed by atoms with E-state index in [2.05, 4.69) is 0 Å². The summed E-state index contributed by atoms with van der Waals surface area (Å²) in [4.78, 5) is 11.8. The van der Waals surface area contributed by atoms with Crippen molar-refractivity contribution in [2.45, 2.75) is 13.8 Å². The first-order valence-corrected chi connectivity index (χ1v) is 7.24. The number of ether oxygens (including phenoxy) is 1. The number of rotatable bonds is 4. The summed E-state index contributed by atoms with van der Waals surface area (Å²) in [6, 6.07) is 9.55. The molecule has 2 N–H and O–H groups in total. The van der Waals surface area contributed by atoms with Gasteiger partial charge >= 0.3 is 0 Å². The van der Waals surface area contributed by atoms with E-state index in [0.717, 1.165) is 16.3 Å². The lowest BCUT2D eigenvalue weighted by Crippen LogP contribution is -2.30. The number of hydrazine groups is 1. The third-order valence-corrected chi connectivity index (χ3v) is 4.27. The molecular weight excluding hydrogens is 260 g/mol. The van der Waals surface area contributed by atoms with E-state index < -0.39 is 10.5 Å². The molecule has 4 nitrogen and oxygen atoms in total. The van der Waals surface area contributed by atoms with Crippen molar-refractivity contribution in [2.75, 3.05) is 11.6 Å². The van der Waals surface area contributed by atoms with Gasteiger partial charge in [-0.1, -0.05) is 18.2 Å². The predicted octanol–water partition coefficient (Wildman–Crippen LogP) is 2.83. The fourth-order valence-electron chi connectivity index (χ4n) is 1.83. The molecule has 0 aliphatic carbocycles. The minimum atomic E-state index is -0.670. The van der Waals surface area contributed by atoms with Crippen LogP contribution in [0.25, 0.3) is 0 Å². The Hall–Kier alpha value is -1.81. The maximum absolute atomic E-state index is 11.0. The molecule has 0 fully saturated rings. The van der Waals surface area contributed by atoms with E-state index in [9.17, 15) is 4.79 Å². The zero-order chi connectivity index (χ0) is 13.8. The van der Waals surface area contributed by atoms with E-state index >= 15 is 0 Å². The Morgan fingerprint density at radius 3 is 2.63 bits per heavy atom. The molecule has 100 valence electrons. The number of anilines is 1. The zero-order valence-electron chi connectivity index (χ0n) is 10.9. The normalized spacial score (nSPS) is 18.1. The Morgan fingerprint density at radius 2 is 2.05 bits per heavy atom. The van der Waals surface area contributed by atoms with Crippen LogP contribution >= 0.6 is 10.5 Å². The number of benzene rings is 1. The van der Waals surface area contributed by atoms with Crippen molar-refractivity contribution in [3.8, 4) is 0 Å². The highest BCUT2D eigenvalue weighted by Gasteiger charge is 2.24. The largest absolute Gasteiger partial charge is 0.491 e. The summed E-state index contributed by atoms with van der Waals surface area (Å²) in [6.07, 6.45) is 0. The third-order valence-electron chi connectivity index (χ3n) is 2.78.